The maximum atomic E-state index is 12.6. The number of nitrogens with zero attached hydrogens (tertiary/aromatic N) is 2. The largest absolute Gasteiger partial charge is 0.340 e. The fourth-order valence-electron chi connectivity index (χ4n) is 4.98. The summed E-state index contributed by atoms with van der Waals surface area (Å²) >= 11 is 5.94. The van der Waals surface area contributed by atoms with E-state index in [4.69, 9.17) is 11.6 Å². The first-order valence-electron chi connectivity index (χ1n) is 9.42. The Morgan fingerprint density at radius 2 is 1.79 bits per heavy atom. The molecule has 2 aliphatic carbocycles. The predicted octanol–water partition coefficient (Wildman–Crippen LogP) is 3.81. The first-order chi connectivity index (χ1) is 11.7. The molecule has 0 radical (unpaired) electrons. The van der Waals surface area contributed by atoms with Crippen molar-refractivity contribution < 1.29 is 4.79 Å². The Labute approximate surface area is 150 Å². The zero-order valence-electron chi connectivity index (χ0n) is 14.3. The number of benzene rings is 1. The highest BCUT2D eigenvalue weighted by Gasteiger charge is 2.40. The molecule has 0 N–H and O–H groups in total. The summed E-state index contributed by atoms with van der Waals surface area (Å²) in [5, 5.41) is 0.787. The number of carbonyl (C=O) groups excluding carboxylic acids is 1. The van der Waals surface area contributed by atoms with Gasteiger partial charge in [0.15, 0.2) is 0 Å². The van der Waals surface area contributed by atoms with Crippen LogP contribution in [-0.4, -0.2) is 41.9 Å². The third-order valence-corrected chi connectivity index (χ3v) is 6.62. The minimum atomic E-state index is 0.402. The van der Waals surface area contributed by atoms with Gasteiger partial charge in [-0.05, 0) is 54.7 Å². The number of amides is 1. The van der Waals surface area contributed by atoms with Gasteiger partial charge in [0.2, 0.25) is 5.91 Å². The normalized spacial score (nSPS) is 30.0. The summed E-state index contributed by atoms with van der Waals surface area (Å²) in [5.41, 5.74) is 1.29. The van der Waals surface area contributed by atoms with Gasteiger partial charge in [0.1, 0.15) is 0 Å². The fourth-order valence-corrected chi connectivity index (χ4v) is 5.11. The van der Waals surface area contributed by atoms with Crippen molar-refractivity contribution in [3.05, 3.63) is 34.9 Å². The van der Waals surface area contributed by atoms with E-state index in [2.05, 4.69) is 21.9 Å². The van der Waals surface area contributed by atoms with Gasteiger partial charge in [-0.1, -0.05) is 30.2 Å². The summed E-state index contributed by atoms with van der Waals surface area (Å²) in [6.45, 7) is 4.67. The summed E-state index contributed by atoms with van der Waals surface area (Å²) in [5.74, 6) is 2.87. The molecule has 2 bridgehead atoms. The molecule has 1 saturated heterocycles. The first-order valence-corrected chi connectivity index (χ1v) is 9.80. The molecule has 0 aromatic heterocycles. The Morgan fingerprint density at radius 1 is 1.04 bits per heavy atom. The lowest BCUT2D eigenvalue weighted by atomic mass is 9.86. The van der Waals surface area contributed by atoms with Gasteiger partial charge < -0.3 is 4.90 Å². The number of carbonyl (C=O) groups is 1. The van der Waals surface area contributed by atoms with Crippen molar-refractivity contribution in [2.75, 3.05) is 26.2 Å². The third-order valence-electron chi connectivity index (χ3n) is 6.37. The van der Waals surface area contributed by atoms with Crippen molar-refractivity contribution in [3.8, 4) is 0 Å². The van der Waals surface area contributed by atoms with Gasteiger partial charge in [-0.15, -0.1) is 0 Å². The smallest absolute Gasteiger partial charge is 0.222 e. The Balaban J connectivity index is 1.23. The van der Waals surface area contributed by atoms with Gasteiger partial charge in [0.25, 0.3) is 0 Å². The molecule has 4 rings (SSSR count). The molecule has 0 spiro atoms. The maximum absolute atomic E-state index is 12.6. The number of halogens is 1. The summed E-state index contributed by atoms with van der Waals surface area (Å²) in [7, 11) is 0. The molecule has 3 atom stereocenters. The van der Waals surface area contributed by atoms with Gasteiger partial charge in [0.05, 0.1) is 0 Å². The van der Waals surface area contributed by atoms with E-state index in [0.29, 0.717) is 11.8 Å². The average Bonchev–Trinajstić information content (AvgIpc) is 3.20. The summed E-state index contributed by atoms with van der Waals surface area (Å²) in [6.07, 6.45) is 6.30. The van der Waals surface area contributed by atoms with Crippen LogP contribution in [0.15, 0.2) is 24.3 Å². The Hall–Kier alpha value is -1.06. The molecule has 0 unspecified atom stereocenters. The molecule has 1 aliphatic heterocycles. The molecule has 1 aromatic carbocycles. The van der Waals surface area contributed by atoms with Crippen LogP contribution in [0.3, 0.4) is 0 Å². The Morgan fingerprint density at radius 3 is 2.42 bits per heavy atom. The van der Waals surface area contributed by atoms with E-state index in [0.717, 1.165) is 56.0 Å². The van der Waals surface area contributed by atoms with Gasteiger partial charge in [0, 0.05) is 44.2 Å². The van der Waals surface area contributed by atoms with E-state index in [1.54, 1.807) is 0 Å². The van der Waals surface area contributed by atoms with Gasteiger partial charge in [-0.3, -0.25) is 9.69 Å². The molecular formula is C20H27ClN2O. The lowest BCUT2D eigenvalue weighted by Gasteiger charge is -2.35. The van der Waals surface area contributed by atoms with E-state index >= 15 is 0 Å². The molecule has 4 heteroatoms. The Kier molecular flexibility index (Phi) is 4.82. The predicted molar refractivity (Wildman–Crippen MR) is 96.9 cm³/mol. The second-order valence-corrected chi connectivity index (χ2v) is 8.36. The van der Waals surface area contributed by atoms with Crippen LogP contribution in [0.5, 0.6) is 0 Å². The SMILES string of the molecule is O=C(C[C@H]1C[C@H]2CC[C@H]1C2)N1CCN(Cc2ccc(Cl)cc2)CC1. The van der Waals surface area contributed by atoms with Gasteiger partial charge in [-0.25, -0.2) is 0 Å². The van der Waals surface area contributed by atoms with Crippen LogP contribution in [0.25, 0.3) is 0 Å². The van der Waals surface area contributed by atoms with E-state index in [1.165, 1.54) is 31.2 Å². The summed E-state index contributed by atoms with van der Waals surface area (Å²) < 4.78 is 0. The molecule has 1 amide bonds. The number of hydrogen-bond acceptors (Lipinski definition) is 2. The van der Waals surface area contributed by atoms with Crippen LogP contribution in [0, 0.1) is 17.8 Å². The van der Waals surface area contributed by atoms with Crippen LogP contribution in [0.2, 0.25) is 5.02 Å². The maximum Gasteiger partial charge on any atom is 0.222 e. The molecular weight excluding hydrogens is 320 g/mol. The topological polar surface area (TPSA) is 23.6 Å². The van der Waals surface area contributed by atoms with Crippen molar-refractivity contribution in [3.63, 3.8) is 0 Å². The number of fused-ring (bicyclic) bond motifs is 2. The van der Waals surface area contributed by atoms with Gasteiger partial charge in [-0.2, -0.15) is 0 Å². The van der Waals surface area contributed by atoms with Crippen molar-refractivity contribution in [2.24, 2.45) is 17.8 Å². The molecule has 3 nitrogen and oxygen atoms in total. The second kappa shape index (κ2) is 7.05. The monoisotopic (exact) mass is 346 g/mol. The number of hydrogen-bond donors (Lipinski definition) is 0. The molecule has 24 heavy (non-hydrogen) atoms. The number of rotatable bonds is 4. The molecule has 1 aromatic rings. The van der Waals surface area contributed by atoms with Crippen molar-refractivity contribution in [1.82, 2.24) is 9.80 Å². The second-order valence-electron chi connectivity index (χ2n) is 7.92. The van der Waals surface area contributed by atoms with E-state index in [-0.39, 0.29) is 0 Å². The lowest BCUT2D eigenvalue weighted by Crippen LogP contribution is -2.48. The third kappa shape index (κ3) is 3.62. The van der Waals surface area contributed by atoms with Crippen molar-refractivity contribution in [1.29, 1.82) is 0 Å². The van der Waals surface area contributed by atoms with E-state index in [9.17, 15) is 4.79 Å². The highest BCUT2D eigenvalue weighted by atomic mass is 35.5. The van der Waals surface area contributed by atoms with Crippen molar-refractivity contribution in [2.45, 2.75) is 38.6 Å². The van der Waals surface area contributed by atoms with Crippen LogP contribution >= 0.6 is 11.6 Å². The molecule has 3 fully saturated rings. The zero-order chi connectivity index (χ0) is 16.5. The van der Waals surface area contributed by atoms with Crippen molar-refractivity contribution >= 4 is 17.5 Å². The van der Waals surface area contributed by atoms with Gasteiger partial charge >= 0.3 is 0 Å². The minimum Gasteiger partial charge on any atom is -0.340 e. The van der Waals surface area contributed by atoms with E-state index in [1.807, 2.05) is 12.1 Å². The summed E-state index contributed by atoms with van der Waals surface area (Å²) in [4.78, 5) is 17.2. The quantitative estimate of drug-likeness (QED) is 0.827. The molecule has 3 aliphatic rings. The molecule has 1 heterocycles. The average molecular weight is 347 g/mol. The standard InChI is InChI=1S/C20H27ClN2O/c21-19-5-2-15(3-6-19)14-22-7-9-23(10-8-22)20(24)13-18-12-16-1-4-17(18)11-16/h2-3,5-6,16-18H,1,4,7-14H2/t16-,17-,18+/m0/s1. The highest BCUT2D eigenvalue weighted by Crippen LogP contribution is 2.49. The highest BCUT2D eigenvalue weighted by molar-refractivity contribution is 6.30. The van der Waals surface area contributed by atoms with Crippen LogP contribution in [-0.2, 0) is 11.3 Å². The van der Waals surface area contributed by atoms with E-state index < -0.39 is 0 Å². The van der Waals surface area contributed by atoms with Crippen LogP contribution in [0.1, 0.15) is 37.7 Å². The van der Waals surface area contributed by atoms with Crippen LogP contribution < -0.4 is 0 Å². The molecule has 2 saturated carbocycles. The van der Waals surface area contributed by atoms with Crippen LogP contribution in [0.4, 0.5) is 0 Å². The Bertz CT molecular complexity index is 580. The summed E-state index contributed by atoms with van der Waals surface area (Å²) in [6, 6.07) is 8.09. The lowest BCUT2D eigenvalue weighted by molar-refractivity contribution is -0.134. The first kappa shape index (κ1) is 16.4. The fraction of sp³-hybridized carbons (Fsp3) is 0.650. The zero-order valence-corrected chi connectivity index (χ0v) is 15.0. The minimum absolute atomic E-state index is 0.402. The molecule has 130 valence electrons. The number of piperazine rings is 1.